The third kappa shape index (κ3) is 2.78. The summed E-state index contributed by atoms with van der Waals surface area (Å²) in [6.45, 7) is 1.48. The predicted octanol–water partition coefficient (Wildman–Crippen LogP) is 0.619. The molecule has 3 aromatic rings. The highest BCUT2D eigenvalue weighted by atomic mass is 16.3. The van der Waals surface area contributed by atoms with Crippen molar-refractivity contribution in [3.63, 3.8) is 0 Å². The highest BCUT2D eigenvalue weighted by Gasteiger charge is 2.19. The van der Waals surface area contributed by atoms with E-state index in [0.717, 1.165) is 30.9 Å². The standard InChI is InChI=1S/C14H16N8O/c23-10-3-1-7-21(9-10)12-5-6-15-14(17-12)16-11-4-2-8-22-13(11)18-19-20-22/h2,4-6,8,10,23H,1,3,7,9H2,(H,15,16,17). The molecule has 1 fully saturated rings. The molecule has 3 aromatic heterocycles. The van der Waals surface area contributed by atoms with Gasteiger partial charge in [-0.1, -0.05) is 0 Å². The Hall–Kier alpha value is -2.81. The highest BCUT2D eigenvalue weighted by Crippen LogP contribution is 2.21. The van der Waals surface area contributed by atoms with Gasteiger partial charge in [-0.3, -0.25) is 0 Å². The van der Waals surface area contributed by atoms with Crippen LogP contribution in [0.1, 0.15) is 12.8 Å². The van der Waals surface area contributed by atoms with Crippen molar-refractivity contribution in [3.05, 3.63) is 30.6 Å². The molecule has 9 nitrogen and oxygen atoms in total. The van der Waals surface area contributed by atoms with E-state index >= 15 is 0 Å². The van der Waals surface area contributed by atoms with Gasteiger partial charge in [0.2, 0.25) is 11.6 Å². The van der Waals surface area contributed by atoms with Gasteiger partial charge in [-0.15, -0.1) is 5.10 Å². The zero-order chi connectivity index (χ0) is 15.6. The van der Waals surface area contributed by atoms with Crippen LogP contribution >= 0.6 is 0 Å². The number of piperidine rings is 1. The molecule has 23 heavy (non-hydrogen) atoms. The Morgan fingerprint density at radius 2 is 2.26 bits per heavy atom. The lowest BCUT2D eigenvalue weighted by Gasteiger charge is -2.31. The molecule has 0 bridgehead atoms. The molecule has 4 rings (SSSR count). The van der Waals surface area contributed by atoms with Crippen molar-refractivity contribution in [1.82, 2.24) is 30.0 Å². The molecule has 2 N–H and O–H groups in total. The van der Waals surface area contributed by atoms with Crippen LogP contribution in [0.5, 0.6) is 0 Å². The third-order valence-electron chi connectivity index (χ3n) is 3.83. The number of anilines is 3. The van der Waals surface area contributed by atoms with Gasteiger partial charge in [-0.2, -0.15) is 9.50 Å². The van der Waals surface area contributed by atoms with Crippen LogP contribution in [-0.4, -0.2) is 54.3 Å². The van der Waals surface area contributed by atoms with Gasteiger partial charge in [-0.25, -0.2) is 4.98 Å². The van der Waals surface area contributed by atoms with E-state index in [1.165, 1.54) is 0 Å². The molecule has 0 amide bonds. The van der Waals surface area contributed by atoms with Gasteiger partial charge in [0.25, 0.3) is 0 Å². The van der Waals surface area contributed by atoms with Crippen molar-refractivity contribution in [3.8, 4) is 0 Å². The molecule has 0 aromatic carbocycles. The minimum atomic E-state index is -0.300. The maximum Gasteiger partial charge on any atom is 0.229 e. The Morgan fingerprint density at radius 1 is 1.30 bits per heavy atom. The summed E-state index contributed by atoms with van der Waals surface area (Å²) in [5.41, 5.74) is 1.34. The molecule has 0 spiro atoms. The Bertz CT molecular complexity index is 819. The first-order chi connectivity index (χ1) is 11.3. The van der Waals surface area contributed by atoms with Crippen LogP contribution in [-0.2, 0) is 0 Å². The lowest BCUT2D eigenvalue weighted by molar-refractivity contribution is 0.154. The van der Waals surface area contributed by atoms with Crippen LogP contribution in [0.3, 0.4) is 0 Å². The number of tetrazole rings is 1. The number of fused-ring (bicyclic) bond motifs is 1. The first-order valence-corrected chi connectivity index (χ1v) is 7.49. The van der Waals surface area contributed by atoms with Crippen LogP contribution in [0.2, 0.25) is 0 Å². The minimum Gasteiger partial charge on any atom is -0.391 e. The Kier molecular flexibility index (Phi) is 3.46. The summed E-state index contributed by atoms with van der Waals surface area (Å²) in [7, 11) is 0. The van der Waals surface area contributed by atoms with Gasteiger partial charge in [0.15, 0.2) is 0 Å². The molecule has 1 unspecified atom stereocenters. The quantitative estimate of drug-likeness (QED) is 0.725. The SMILES string of the molecule is OC1CCCN(c2ccnc(Nc3cccn4nnnc34)n2)C1. The van der Waals surface area contributed by atoms with E-state index in [1.54, 1.807) is 16.9 Å². The first kappa shape index (κ1) is 13.8. The molecular formula is C14H16N8O. The highest BCUT2D eigenvalue weighted by molar-refractivity contribution is 5.70. The van der Waals surface area contributed by atoms with E-state index in [0.29, 0.717) is 18.1 Å². The molecule has 1 saturated heterocycles. The number of nitrogens with one attached hydrogen (secondary N) is 1. The normalized spacial score (nSPS) is 18.3. The van der Waals surface area contributed by atoms with Crippen molar-refractivity contribution in [2.45, 2.75) is 18.9 Å². The largest absolute Gasteiger partial charge is 0.391 e. The summed E-state index contributed by atoms with van der Waals surface area (Å²) >= 11 is 0. The monoisotopic (exact) mass is 312 g/mol. The maximum absolute atomic E-state index is 9.81. The third-order valence-corrected chi connectivity index (χ3v) is 3.83. The second-order valence-electron chi connectivity index (χ2n) is 5.47. The number of β-amino-alcohol motifs (C(OH)–C–C–N with tert-alkyl or cyclic N) is 1. The van der Waals surface area contributed by atoms with Crippen molar-refractivity contribution < 1.29 is 5.11 Å². The number of hydrogen-bond donors (Lipinski definition) is 2. The Morgan fingerprint density at radius 3 is 3.17 bits per heavy atom. The van der Waals surface area contributed by atoms with Crippen LogP contribution in [0.4, 0.5) is 17.5 Å². The molecule has 1 aliphatic heterocycles. The zero-order valence-corrected chi connectivity index (χ0v) is 12.4. The molecule has 1 aliphatic rings. The van der Waals surface area contributed by atoms with Crippen LogP contribution in [0, 0.1) is 0 Å². The fourth-order valence-electron chi connectivity index (χ4n) is 2.73. The average Bonchev–Trinajstić information content (AvgIpc) is 3.05. The summed E-state index contributed by atoms with van der Waals surface area (Å²) in [6, 6.07) is 5.56. The molecule has 0 saturated carbocycles. The predicted molar refractivity (Wildman–Crippen MR) is 83.6 cm³/mol. The van der Waals surface area contributed by atoms with Crippen LogP contribution < -0.4 is 10.2 Å². The molecule has 9 heteroatoms. The Balaban J connectivity index is 1.60. The van der Waals surface area contributed by atoms with E-state index in [1.807, 2.05) is 18.2 Å². The summed E-state index contributed by atoms with van der Waals surface area (Å²) in [5.74, 6) is 1.27. The van der Waals surface area contributed by atoms with Gasteiger partial charge in [0, 0.05) is 25.5 Å². The minimum absolute atomic E-state index is 0.300. The lowest BCUT2D eigenvalue weighted by atomic mass is 10.1. The number of aliphatic hydroxyl groups is 1. The van der Waals surface area contributed by atoms with Crippen molar-refractivity contribution >= 4 is 23.1 Å². The maximum atomic E-state index is 9.81. The summed E-state index contributed by atoms with van der Waals surface area (Å²) in [5, 5.41) is 24.4. The number of nitrogens with zero attached hydrogens (tertiary/aromatic N) is 7. The van der Waals surface area contributed by atoms with Crippen LogP contribution in [0.25, 0.3) is 5.65 Å². The fourth-order valence-corrected chi connectivity index (χ4v) is 2.73. The first-order valence-electron chi connectivity index (χ1n) is 7.49. The van der Waals surface area contributed by atoms with E-state index < -0.39 is 0 Å². The molecular weight excluding hydrogens is 296 g/mol. The summed E-state index contributed by atoms with van der Waals surface area (Å²) < 4.78 is 1.58. The van der Waals surface area contributed by atoms with Crippen molar-refractivity contribution in [2.75, 3.05) is 23.3 Å². The second-order valence-corrected chi connectivity index (χ2v) is 5.47. The number of pyridine rings is 1. The zero-order valence-electron chi connectivity index (χ0n) is 12.4. The summed E-state index contributed by atoms with van der Waals surface area (Å²) in [6.07, 6.45) is 4.97. The number of rotatable bonds is 3. The van der Waals surface area contributed by atoms with Crippen molar-refractivity contribution in [2.24, 2.45) is 0 Å². The van der Waals surface area contributed by atoms with Gasteiger partial charge in [0.1, 0.15) is 5.82 Å². The van der Waals surface area contributed by atoms with Crippen LogP contribution in [0.15, 0.2) is 30.6 Å². The Labute approximate surface area is 132 Å². The number of aliphatic hydroxyl groups excluding tert-OH is 1. The van der Waals surface area contributed by atoms with E-state index in [2.05, 4.69) is 35.7 Å². The average molecular weight is 312 g/mol. The van der Waals surface area contributed by atoms with E-state index in [4.69, 9.17) is 0 Å². The fraction of sp³-hybridized carbons (Fsp3) is 0.357. The number of hydrogen-bond acceptors (Lipinski definition) is 8. The smallest absolute Gasteiger partial charge is 0.229 e. The summed E-state index contributed by atoms with van der Waals surface area (Å²) in [4.78, 5) is 10.9. The topological polar surface area (TPSA) is 104 Å². The van der Waals surface area contributed by atoms with Crippen molar-refractivity contribution in [1.29, 1.82) is 0 Å². The molecule has 4 heterocycles. The van der Waals surface area contributed by atoms with Gasteiger partial charge >= 0.3 is 0 Å². The molecule has 1 atom stereocenters. The van der Waals surface area contributed by atoms with Gasteiger partial charge in [0.05, 0.1) is 11.8 Å². The van der Waals surface area contributed by atoms with Gasteiger partial charge < -0.3 is 15.3 Å². The van der Waals surface area contributed by atoms with E-state index in [9.17, 15) is 5.11 Å². The molecule has 118 valence electrons. The van der Waals surface area contributed by atoms with E-state index in [-0.39, 0.29) is 6.10 Å². The number of aromatic nitrogens is 6. The second kappa shape index (κ2) is 5.76. The molecule has 0 aliphatic carbocycles. The lowest BCUT2D eigenvalue weighted by Crippen LogP contribution is -2.38. The molecule has 0 radical (unpaired) electrons. The van der Waals surface area contributed by atoms with Gasteiger partial charge in [-0.05, 0) is 41.5 Å².